The van der Waals surface area contributed by atoms with Gasteiger partial charge in [-0.2, -0.15) is 18.3 Å². The van der Waals surface area contributed by atoms with Crippen LogP contribution in [0.15, 0.2) is 36.7 Å². The summed E-state index contributed by atoms with van der Waals surface area (Å²) in [5, 5.41) is 8.77. The molecule has 2 aliphatic heterocycles. The number of halogens is 3. The second-order valence-electron chi connectivity index (χ2n) is 14.1. The molecule has 2 bridgehead atoms. The van der Waals surface area contributed by atoms with E-state index < -0.39 is 23.3 Å². The maximum absolute atomic E-state index is 14.4. The number of nitrogens with one attached hydrogen (secondary N) is 1. The highest BCUT2D eigenvalue weighted by atomic mass is 19.4. The quantitative estimate of drug-likeness (QED) is 0.279. The Kier molecular flexibility index (Phi) is 9.25. The Labute approximate surface area is 293 Å². The third-order valence-corrected chi connectivity index (χ3v) is 10.4. The zero-order valence-corrected chi connectivity index (χ0v) is 28.8. The van der Waals surface area contributed by atoms with Crippen LogP contribution in [0.2, 0.25) is 0 Å². The number of hydrogen-bond acceptors (Lipinski definition) is 9. The molecule has 0 spiro atoms. The average molecular weight is 704 g/mol. The van der Waals surface area contributed by atoms with E-state index in [2.05, 4.69) is 25.4 Å². The predicted octanol–water partition coefficient (Wildman–Crippen LogP) is 5.19. The number of amides is 1. The van der Waals surface area contributed by atoms with E-state index in [0.29, 0.717) is 54.9 Å². The topological polar surface area (TPSA) is 132 Å². The van der Waals surface area contributed by atoms with Crippen LogP contribution in [-0.4, -0.2) is 78.9 Å². The maximum atomic E-state index is 14.4. The van der Waals surface area contributed by atoms with Gasteiger partial charge in [0.1, 0.15) is 23.8 Å². The third-order valence-electron chi connectivity index (χ3n) is 10.4. The number of ether oxygens (including phenoxy) is 1. The Morgan fingerprint density at radius 2 is 1.84 bits per heavy atom. The van der Waals surface area contributed by atoms with E-state index in [1.54, 1.807) is 35.8 Å². The molecule has 1 aromatic carbocycles. The number of benzene rings is 1. The van der Waals surface area contributed by atoms with Crippen molar-refractivity contribution in [1.82, 2.24) is 34.9 Å². The van der Waals surface area contributed by atoms with Gasteiger partial charge in [-0.1, -0.05) is 6.07 Å². The molecule has 11 nitrogen and oxygen atoms in total. The molecule has 1 saturated heterocycles. The first-order valence-corrected chi connectivity index (χ1v) is 17.3. The number of pyridine rings is 1. The highest BCUT2D eigenvalue weighted by Crippen LogP contribution is 2.60. The molecule has 14 heteroatoms. The molecule has 0 radical (unpaired) electrons. The van der Waals surface area contributed by atoms with Crippen LogP contribution in [-0.2, 0) is 40.0 Å². The van der Waals surface area contributed by atoms with E-state index in [1.165, 1.54) is 13.0 Å². The summed E-state index contributed by atoms with van der Waals surface area (Å²) in [4.78, 5) is 55.5. The monoisotopic (exact) mass is 703 g/mol. The highest BCUT2D eigenvalue weighted by molar-refractivity contribution is 6.07. The molecule has 2 fully saturated rings. The Morgan fingerprint density at radius 3 is 2.59 bits per heavy atom. The molecule has 1 aliphatic carbocycles. The number of Topliss-reactive ketones (excluding diaryl/α,β-unsaturated/α-hetero) is 2. The van der Waals surface area contributed by atoms with Gasteiger partial charge in [-0.05, 0) is 87.4 Å². The highest BCUT2D eigenvalue weighted by Gasteiger charge is 2.67. The standard InChI is InChI=1S/C37H40F3N7O4/c1-21-7-8-31(37(38,39)40)44-28(21)13-30(49)29-14-36-15-32(36)47(29)33(50)19-46-35-25(16-41-9-5-4-6-10-51-20-36)11-24(26-17-42-23(3)43-18-26)12-27(35)34(45-46)22(2)48/h7-8,11-12,17-18,29,32,41H,4-6,9-10,13-16,19-20H2,1-3H3/t29-,32+,36-/m0/s1. The average Bonchev–Trinajstić information content (AvgIpc) is 3.48. The molecule has 0 unspecified atom stereocenters. The summed E-state index contributed by atoms with van der Waals surface area (Å²) >= 11 is 0. The SMILES string of the molecule is CC(=O)c1nn2c3c(cc(-c4cnc(C)nc4)cc13)CNCCCCCOC[C@@]13C[C@@H](C(=O)Cc4nc(C(F)(F)F)ccc4C)N(C(=O)C2)[C@@H]1C3. The van der Waals surface area contributed by atoms with Gasteiger partial charge in [0.15, 0.2) is 11.6 Å². The van der Waals surface area contributed by atoms with Gasteiger partial charge in [0.2, 0.25) is 5.91 Å². The van der Waals surface area contributed by atoms with Crippen molar-refractivity contribution in [3.63, 3.8) is 0 Å². The van der Waals surface area contributed by atoms with Crippen LogP contribution in [0.3, 0.4) is 0 Å². The normalized spacial score (nSPS) is 22.9. The van der Waals surface area contributed by atoms with Crippen molar-refractivity contribution in [3.05, 3.63) is 70.7 Å². The lowest BCUT2D eigenvalue weighted by molar-refractivity contribution is -0.141. The van der Waals surface area contributed by atoms with E-state index in [9.17, 15) is 27.6 Å². The van der Waals surface area contributed by atoms with Crippen molar-refractivity contribution < 1.29 is 32.3 Å². The van der Waals surface area contributed by atoms with Gasteiger partial charge in [0.05, 0.1) is 30.3 Å². The molecule has 3 atom stereocenters. The number of hydrogen-bond donors (Lipinski definition) is 1. The summed E-state index contributed by atoms with van der Waals surface area (Å²) in [5.41, 5.74) is 2.31. The first-order valence-electron chi connectivity index (χ1n) is 17.3. The fourth-order valence-corrected chi connectivity index (χ4v) is 7.62. The lowest BCUT2D eigenvalue weighted by Crippen LogP contribution is -2.45. The molecule has 4 aromatic rings. The summed E-state index contributed by atoms with van der Waals surface area (Å²) in [5.74, 6) is -0.360. The van der Waals surface area contributed by atoms with E-state index in [1.807, 2.05) is 12.1 Å². The van der Waals surface area contributed by atoms with Crippen molar-refractivity contribution in [1.29, 1.82) is 0 Å². The minimum atomic E-state index is -4.65. The number of alkyl halides is 3. The van der Waals surface area contributed by atoms with Crippen LogP contribution in [0.4, 0.5) is 13.2 Å². The molecule has 51 heavy (non-hydrogen) atoms. The molecule has 3 aliphatic rings. The molecule has 3 aromatic heterocycles. The Morgan fingerprint density at radius 1 is 1.06 bits per heavy atom. The molecule has 1 N–H and O–H groups in total. The number of aryl methyl sites for hydroxylation is 2. The summed E-state index contributed by atoms with van der Waals surface area (Å²) in [6.45, 7) is 6.77. The summed E-state index contributed by atoms with van der Waals surface area (Å²) < 4.78 is 48.2. The number of nitrogens with zero attached hydrogens (tertiary/aromatic N) is 6. The summed E-state index contributed by atoms with van der Waals surface area (Å²) in [7, 11) is 0. The van der Waals surface area contributed by atoms with Gasteiger partial charge < -0.3 is 15.0 Å². The van der Waals surface area contributed by atoms with E-state index in [-0.39, 0.29) is 47.9 Å². The van der Waals surface area contributed by atoms with Crippen LogP contribution in [0.5, 0.6) is 0 Å². The first kappa shape index (κ1) is 34.9. The third kappa shape index (κ3) is 6.90. The number of carbonyl (C=O) groups is 3. The lowest BCUT2D eigenvalue weighted by atomic mass is 9.95. The van der Waals surface area contributed by atoms with E-state index >= 15 is 0 Å². The molecule has 5 heterocycles. The van der Waals surface area contributed by atoms with Crippen LogP contribution < -0.4 is 5.32 Å². The van der Waals surface area contributed by atoms with Crippen molar-refractivity contribution >= 4 is 28.4 Å². The number of ketones is 2. The molecular formula is C37H40F3N7O4. The van der Waals surface area contributed by atoms with Crippen molar-refractivity contribution in [2.24, 2.45) is 5.41 Å². The molecule has 7 rings (SSSR count). The van der Waals surface area contributed by atoms with Crippen molar-refractivity contribution in [2.45, 2.75) is 90.6 Å². The van der Waals surface area contributed by atoms with Crippen LogP contribution >= 0.6 is 0 Å². The molecular weight excluding hydrogens is 663 g/mol. The number of rotatable bonds is 5. The molecule has 1 saturated carbocycles. The van der Waals surface area contributed by atoms with Crippen molar-refractivity contribution in [2.75, 3.05) is 19.8 Å². The van der Waals surface area contributed by atoms with Gasteiger partial charge in [-0.25, -0.2) is 15.0 Å². The summed E-state index contributed by atoms with van der Waals surface area (Å²) in [6.07, 6.45) is 2.22. The first-order chi connectivity index (χ1) is 24.3. The second-order valence-corrected chi connectivity index (χ2v) is 14.1. The minimum absolute atomic E-state index is 0.0404. The Hall–Kier alpha value is -4.56. The van der Waals surface area contributed by atoms with Gasteiger partial charge in [0.25, 0.3) is 0 Å². The molecule has 1 amide bonds. The van der Waals surface area contributed by atoms with E-state index in [0.717, 1.165) is 48.6 Å². The summed E-state index contributed by atoms with van der Waals surface area (Å²) in [6, 6.07) is 4.97. The largest absolute Gasteiger partial charge is 0.433 e. The van der Waals surface area contributed by atoms with E-state index in [4.69, 9.17) is 4.74 Å². The number of aromatic nitrogens is 5. The smallest absolute Gasteiger partial charge is 0.381 e. The predicted molar refractivity (Wildman–Crippen MR) is 181 cm³/mol. The minimum Gasteiger partial charge on any atom is -0.381 e. The van der Waals surface area contributed by atoms with Crippen LogP contribution in [0, 0.1) is 19.3 Å². The maximum Gasteiger partial charge on any atom is 0.433 e. The van der Waals surface area contributed by atoms with Crippen LogP contribution in [0.1, 0.15) is 77.9 Å². The van der Waals surface area contributed by atoms with Crippen LogP contribution in [0.25, 0.3) is 22.0 Å². The zero-order chi connectivity index (χ0) is 36.1. The van der Waals surface area contributed by atoms with Gasteiger partial charge >= 0.3 is 6.18 Å². The van der Waals surface area contributed by atoms with Gasteiger partial charge in [0, 0.05) is 54.9 Å². The molecule has 268 valence electrons. The second kappa shape index (κ2) is 13.5. The van der Waals surface area contributed by atoms with Gasteiger partial charge in [-0.15, -0.1) is 0 Å². The Bertz CT molecular complexity index is 2010. The van der Waals surface area contributed by atoms with Gasteiger partial charge in [-0.3, -0.25) is 19.1 Å². The van der Waals surface area contributed by atoms with Crippen molar-refractivity contribution in [3.8, 4) is 11.1 Å². The zero-order valence-electron chi connectivity index (χ0n) is 28.8. The fraction of sp³-hybridized carbons (Fsp3) is 0.486. The number of carbonyl (C=O) groups excluding carboxylic acids is 3. The lowest BCUT2D eigenvalue weighted by Gasteiger charge is -2.27. The number of piperidine rings is 1. The fourth-order valence-electron chi connectivity index (χ4n) is 7.62. The Balaban J connectivity index is 1.27.